The largest absolute Gasteiger partial charge is 0.494 e. The van der Waals surface area contributed by atoms with E-state index in [2.05, 4.69) is 5.32 Å². The third kappa shape index (κ3) is 5.77. The molecule has 0 atom stereocenters. The Hall–Kier alpha value is -2.01. The fraction of sp³-hybridized carbons (Fsp3) is 0.235. The maximum atomic E-state index is 12.7. The van der Waals surface area contributed by atoms with Crippen molar-refractivity contribution in [2.24, 2.45) is 0 Å². The van der Waals surface area contributed by atoms with E-state index < -0.39 is 0 Å². The maximum absolute atomic E-state index is 12.7. The fourth-order valence-corrected chi connectivity index (χ4v) is 2.63. The number of nitrogens with one attached hydrogen (secondary N) is 1. The molecule has 0 saturated heterocycles. The van der Waals surface area contributed by atoms with Crippen LogP contribution in [0.15, 0.2) is 53.4 Å². The predicted octanol–water partition coefficient (Wildman–Crippen LogP) is 4.35. The lowest BCUT2D eigenvalue weighted by atomic mass is 10.3. The van der Waals surface area contributed by atoms with Gasteiger partial charge in [-0.1, -0.05) is 0 Å². The quantitative estimate of drug-likeness (QED) is 0.609. The number of hydrogen-bond donors (Lipinski definition) is 1. The van der Waals surface area contributed by atoms with Gasteiger partial charge in [-0.15, -0.1) is 11.8 Å². The second-order valence-electron chi connectivity index (χ2n) is 4.71. The van der Waals surface area contributed by atoms with Gasteiger partial charge in [0.15, 0.2) is 0 Å². The first-order valence-electron chi connectivity index (χ1n) is 7.02. The van der Waals surface area contributed by atoms with Gasteiger partial charge in [-0.3, -0.25) is 4.79 Å². The number of halogens is 1. The van der Waals surface area contributed by atoms with Crippen molar-refractivity contribution >= 4 is 23.4 Å². The zero-order valence-corrected chi connectivity index (χ0v) is 13.2. The summed E-state index contributed by atoms with van der Waals surface area (Å²) in [7, 11) is 0. The minimum Gasteiger partial charge on any atom is -0.494 e. The number of rotatable bonds is 7. The topological polar surface area (TPSA) is 38.3 Å². The smallest absolute Gasteiger partial charge is 0.221 e. The summed E-state index contributed by atoms with van der Waals surface area (Å²) in [4.78, 5) is 12.1. The minimum atomic E-state index is -0.259. The van der Waals surface area contributed by atoms with E-state index in [9.17, 15) is 9.18 Å². The van der Waals surface area contributed by atoms with Crippen LogP contribution in [0, 0.1) is 5.82 Å². The summed E-state index contributed by atoms with van der Waals surface area (Å²) in [6, 6.07) is 13.8. The SMILES string of the molecule is CC(=O)Nc1ccc(SCCCOc2ccc(F)cc2)cc1. The molecule has 3 nitrogen and oxygen atoms in total. The molecule has 5 heteroatoms. The molecule has 0 fully saturated rings. The molecule has 2 aromatic rings. The minimum absolute atomic E-state index is 0.0710. The molecule has 2 rings (SSSR count). The molecule has 0 aliphatic rings. The number of thioether (sulfide) groups is 1. The standard InChI is InChI=1S/C17H18FNO2S/c1-13(20)19-15-5-9-17(10-6-15)22-12-2-11-21-16-7-3-14(18)4-8-16/h3-10H,2,11-12H2,1H3,(H,19,20). The number of ether oxygens (including phenoxy) is 1. The lowest BCUT2D eigenvalue weighted by molar-refractivity contribution is -0.114. The van der Waals surface area contributed by atoms with Crippen LogP contribution in [0.2, 0.25) is 0 Å². The molecular weight excluding hydrogens is 301 g/mol. The van der Waals surface area contributed by atoms with Crippen molar-refractivity contribution in [3.63, 3.8) is 0 Å². The van der Waals surface area contributed by atoms with Gasteiger partial charge < -0.3 is 10.1 Å². The number of anilines is 1. The normalized spacial score (nSPS) is 10.3. The Morgan fingerprint density at radius 3 is 2.45 bits per heavy atom. The van der Waals surface area contributed by atoms with Gasteiger partial charge in [0.05, 0.1) is 6.61 Å². The number of carbonyl (C=O) groups excluding carboxylic acids is 1. The van der Waals surface area contributed by atoms with Crippen LogP contribution in [0.25, 0.3) is 0 Å². The molecule has 0 bridgehead atoms. The molecule has 116 valence electrons. The van der Waals surface area contributed by atoms with Gasteiger partial charge >= 0.3 is 0 Å². The lowest BCUT2D eigenvalue weighted by Crippen LogP contribution is -2.05. The van der Waals surface area contributed by atoms with Crippen LogP contribution in [-0.4, -0.2) is 18.3 Å². The highest BCUT2D eigenvalue weighted by molar-refractivity contribution is 7.99. The monoisotopic (exact) mass is 319 g/mol. The van der Waals surface area contributed by atoms with Crippen LogP contribution in [0.1, 0.15) is 13.3 Å². The molecule has 1 amide bonds. The summed E-state index contributed by atoms with van der Waals surface area (Å²) in [5.74, 6) is 1.29. The van der Waals surface area contributed by atoms with E-state index in [1.165, 1.54) is 19.1 Å². The van der Waals surface area contributed by atoms with Crippen molar-refractivity contribution in [1.29, 1.82) is 0 Å². The summed E-state index contributed by atoms with van der Waals surface area (Å²) in [6.07, 6.45) is 0.898. The summed E-state index contributed by atoms with van der Waals surface area (Å²) >= 11 is 1.73. The molecule has 0 aliphatic heterocycles. The van der Waals surface area contributed by atoms with Crippen molar-refractivity contribution in [1.82, 2.24) is 0 Å². The average Bonchev–Trinajstić information content (AvgIpc) is 2.50. The zero-order valence-electron chi connectivity index (χ0n) is 12.3. The van der Waals surface area contributed by atoms with Crippen molar-refractivity contribution in [2.75, 3.05) is 17.7 Å². The van der Waals surface area contributed by atoms with E-state index >= 15 is 0 Å². The molecule has 0 aliphatic carbocycles. The molecule has 0 aromatic heterocycles. The van der Waals surface area contributed by atoms with E-state index in [1.54, 1.807) is 23.9 Å². The van der Waals surface area contributed by atoms with E-state index in [1.807, 2.05) is 24.3 Å². The zero-order chi connectivity index (χ0) is 15.8. The van der Waals surface area contributed by atoms with E-state index in [0.717, 1.165) is 22.8 Å². The second kappa shape index (κ2) is 8.44. The molecule has 0 saturated carbocycles. The van der Waals surface area contributed by atoms with Crippen molar-refractivity contribution in [3.05, 3.63) is 54.3 Å². The van der Waals surface area contributed by atoms with Crippen molar-refractivity contribution in [3.8, 4) is 5.75 Å². The van der Waals surface area contributed by atoms with Crippen molar-refractivity contribution in [2.45, 2.75) is 18.2 Å². The predicted molar refractivity (Wildman–Crippen MR) is 88.0 cm³/mol. The van der Waals surface area contributed by atoms with Crippen LogP contribution < -0.4 is 10.1 Å². The van der Waals surface area contributed by atoms with E-state index in [4.69, 9.17) is 4.74 Å². The summed E-state index contributed by atoms with van der Waals surface area (Å²) in [5, 5.41) is 2.74. The third-order valence-electron chi connectivity index (χ3n) is 2.81. The van der Waals surface area contributed by atoms with Gasteiger partial charge in [-0.05, 0) is 55.0 Å². The highest BCUT2D eigenvalue weighted by atomic mass is 32.2. The molecular formula is C17H18FNO2S. The van der Waals surface area contributed by atoms with Crippen molar-refractivity contribution < 1.29 is 13.9 Å². The Morgan fingerprint density at radius 2 is 1.82 bits per heavy atom. The number of carbonyl (C=O) groups is 1. The maximum Gasteiger partial charge on any atom is 0.221 e. The second-order valence-corrected chi connectivity index (χ2v) is 5.88. The molecule has 0 unspecified atom stereocenters. The van der Waals surface area contributed by atoms with E-state index in [0.29, 0.717) is 12.4 Å². The van der Waals surface area contributed by atoms with Gasteiger partial charge in [-0.2, -0.15) is 0 Å². The van der Waals surface area contributed by atoms with Gasteiger partial charge in [0.25, 0.3) is 0 Å². The lowest BCUT2D eigenvalue weighted by Gasteiger charge is -2.07. The highest BCUT2D eigenvalue weighted by Gasteiger charge is 1.98. The summed E-state index contributed by atoms with van der Waals surface area (Å²) in [5.41, 5.74) is 0.802. The highest BCUT2D eigenvalue weighted by Crippen LogP contribution is 2.21. The third-order valence-corrected chi connectivity index (χ3v) is 3.91. The Kier molecular flexibility index (Phi) is 6.27. The number of benzene rings is 2. The molecule has 1 N–H and O–H groups in total. The van der Waals surface area contributed by atoms with Gasteiger partial charge in [-0.25, -0.2) is 4.39 Å². The Labute approximate surface area is 133 Å². The number of amides is 1. The molecule has 0 spiro atoms. The van der Waals surface area contributed by atoms with Gasteiger partial charge in [0.2, 0.25) is 5.91 Å². The molecule has 0 radical (unpaired) electrons. The van der Waals surface area contributed by atoms with Gasteiger partial charge in [0.1, 0.15) is 11.6 Å². The van der Waals surface area contributed by atoms with Crippen LogP contribution in [0.3, 0.4) is 0 Å². The summed E-state index contributed by atoms with van der Waals surface area (Å²) in [6.45, 7) is 2.09. The van der Waals surface area contributed by atoms with E-state index in [-0.39, 0.29) is 11.7 Å². The van der Waals surface area contributed by atoms with Crippen LogP contribution in [0.5, 0.6) is 5.75 Å². The first-order chi connectivity index (χ1) is 10.6. The van der Waals surface area contributed by atoms with Gasteiger partial charge in [0, 0.05) is 23.3 Å². The fourth-order valence-electron chi connectivity index (χ4n) is 1.81. The Bertz CT molecular complexity index is 599. The van der Waals surface area contributed by atoms with Crippen LogP contribution >= 0.6 is 11.8 Å². The summed E-state index contributed by atoms with van der Waals surface area (Å²) < 4.78 is 18.3. The first kappa shape index (κ1) is 16.4. The van der Waals surface area contributed by atoms with Crippen LogP contribution in [0.4, 0.5) is 10.1 Å². The molecule has 0 heterocycles. The first-order valence-corrected chi connectivity index (χ1v) is 8.01. The average molecular weight is 319 g/mol. The number of hydrogen-bond acceptors (Lipinski definition) is 3. The molecule has 22 heavy (non-hydrogen) atoms. The Balaban J connectivity index is 1.66. The van der Waals surface area contributed by atoms with Crippen LogP contribution in [-0.2, 0) is 4.79 Å². The molecule has 2 aromatic carbocycles. The Morgan fingerprint density at radius 1 is 1.14 bits per heavy atom.